The number of nitrogens with zero attached hydrogens (tertiary/aromatic N) is 2. The van der Waals surface area contributed by atoms with Crippen molar-refractivity contribution < 1.29 is 9.47 Å². The van der Waals surface area contributed by atoms with Crippen LogP contribution < -0.4 is 20.1 Å². The summed E-state index contributed by atoms with van der Waals surface area (Å²) in [4.78, 5) is 8.71. The lowest BCUT2D eigenvalue weighted by Crippen LogP contribution is -2.13. The molecule has 2 rings (SSSR count). The average molecular weight is 342 g/mol. The molecule has 0 saturated carbocycles. The number of benzene rings is 1. The summed E-state index contributed by atoms with van der Waals surface area (Å²) in [7, 11) is 3.43. The van der Waals surface area contributed by atoms with Crippen LogP contribution in [0.3, 0.4) is 0 Å². The van der Waals surface area contributed by atoms with Gasteiger partial charge in [-0.05, 0) is 51.0 Å². The van der Waals surface area contributed by atoms with Gasteiger partial charge in [0.2, 0.25) is 5.95 Å². The Morgan fingerprint density at radius 2 is 1.92 bits per heavy atom. The number of allylic oxidation sites excluding steroid dienone is 1. The third-order valence-corrected chi connectivity index (χ3v) is 3.58. The molecule has 0 spiro atoms. The summed E-state index contributed by atoms with van der Waals surface area (Å²) in [6.07, 6.45) is 1.66. The summed E-state index contributed by atoms with van der Waals surface area (Å²) in [5.41, 5.74) is 2.75. The van der Waals surface area contributed by atoms with Crippen LogP contribution in [-0.4, -0.2) is 30.2 Å². The predicted molar refractivity (Wildman–Crippen MR) is 103 cm³/mol. The third-order valence-electron chi connectivity index (χ3n) is 3.58. The molecular formula is C19H26N4O2. The second kappa shape index (κ2) is 7.88. The van der Waals surface area contributed by atoms with Crippen molar-refractivity contribution in [3.05, 3.63) is 36.0 Å². The van der Waals surface area contributed by atoms with E-state index in [0.717, 1.165) is 22.4 Å². The fourth-order valence-electron chi connectivity index (χ4n) is 2.36. The van der Waals surface area contributed by atoms with E-state index < -0.39 is 0 Å². The van der Waals surface area contributed by atoms with Crippen molar-refractivity contribution >= 4 is 17.3 Å². The Balaban J connectivity index is 2.48. The van der Waals surface area contributed by atoms with Crippen molar-refractivity contribution in [2.75, 3.05) is 24.8 Å². The number of hydrogen-bond donors (Lipinski definition) is 2. The van der Waals surface area contributed by atoms with E-state index in [9.17, 15) is 0 Å². The van der Waals surface area contributed by atoms with E-state index in [-0.39, 0.29) is 6.04 Å². The maximum atomic E-state index is 6.15. The highest BCUT2D eigenvalue weighted by Gasteiger charge is 2.15. The van der Waals surface area contributed by atoms with E-state index in [1.165, 1.54) is 0 Å². The van der Waals surface area contributed by atoms with Gasteiger partial charge < -0.3 is 20.1 Å². The Morgan fingerprint density at radius 1 is 1.20 bits per heavy atom. The number of hydrogen-bond acceptors (Lipinski definition) is 6. The smallest absolute Gasteiger partial charge is 0.224 e. The lowest BCUT2D eigenvalue weighted by Gasteiger charge is -2.18. The van der Waals surface area contributed by atoms with E-state index in [0.29, 0.717) is 23.3 Å². The van der Waals surface area contributed by atoms with Gasteiger partial charge in [0.25, 0.3) is 0 Å². The molecular weight excluding hydrogens is 316 g/mol. The molecule has 25 heavy (non-hydrogen) atoms. The number of methoxy groups -OCH3 is 1. The lowest BCUT2D eigenvalue weighted by atomic mass is 10.0. The van der Waals surface area contributed by atoms with Crippen molar-refractivity contribution in [2.24, 2.45) is 0 Å². The highest BCUT2D eigenvalue weighted by molar-refractivity contribution is 5.70. The molecule has 1 aromatic heterocycles. The molecule has 0 bridgehead atoms. The molecule has 1 aromatic carbocycles. The Kier molecular flexibility index (Phi) is 5.85. The van der Waals surface area contributed by atoms with E-state index in [2.05, 4.69) is 27.2 Å². The van der Waals surface area contributed by atoms with Crippen LogP contribution in [0.15, 0.2) is 24.9 Å². The molecule has 0 aliphatic carbocycles. The molecule has 0 aliphatic heterocycles. The van der Waals surface area contributed by atoms with Crippen LogP contribution in [0.2, 0.25) is 0 Å². The molecule has 0 fully saturated rings. The highest BCUT2D eigenvalue weighted by atomic mass is 16.5. The van der Waals surface area contributed by atoms with Gasteiger partial charge in [0.15, 0.2) is 11.6 Å². The average Bonchev–Trinajstić information content (AvgIpc) is 2.55. The molecule has 0 amide bonds. The van der Waals surface area contributed by atoms with Crippen molar-refractivity contribution in [1.29, 1.82) is 0 Å². The summed E-state index contributed by atoms with van der Waals surface area (Å²) in [5, 5.41) is 6.23. The first-order valence-electron chi connectivity index (χ1n) is 8.19. The van der Waals surface area contributed by atoms with E-state index in [1.807, 2.05) is 39.8 Å². The molecule has 6 nitrogen and oxygen atoms in total. The van der Waals surface area contributed by atoms with Gasteiger partial charge in [0.1, 0.15) is 11.5 Å². The summed E-state index contributed by atoms with van der Waals surface area (Å²) in [5.74, 6) is 3.21. The fourth-order valence-corrected chi connectivity index (χ4v) is 2.36. The van der Waals surface area contributed by atoms with Crippen molar-refractivity contribution in [3.63, 3.8) is 0 Å². The minimum absolute atomic E-state index is 0.208. The Hall–Kier alpha value is -2.76. The first-order valence-corrected chi connectivity index (χ1v) is 8.19. The molecule has 1 heterocycles. The second-order valence-electron chi connectivity index (χ2n) is 6.16. The standard InChI is InChI=1S/C19H26N4O2/c1-11(2)14-9-15(24-7)13(5)8-16(14)25-17-10-21-19(20-6)23-18(17)22-12(3)4/h8-10,12H,1H2,2-7H3,(H2,20,21,22,23). The zero-order valence-corrected chi connectivity index (χ0v) is 15.7. The third kappa shape index (κ3) is 4.41. The van der Waals surface area contributed by atoms with Crippen molar-refractivity contribution in [3.8, 4) is 17.2 Å². The quantitative estimate of drug-likeness (QED) is 0.773. The van der Waals surface area contributed by atoms with Gasteiger partial charge in [0.05, 0.1) is 13.3 Å². The maximum absolute atomic E-state index is 6.15. The number of aryl methyl sites for hydroxylation is 1. The summed E-state index contributed by atoms with van der Waals surface area (Å²) < 4.78 is 11.6. The van der Waals surface area contributed by atoms with Crippen LogP contribution in [-0.2, 0) is 0 Å². The van der Waals surface area contributed by atoms with Gasteiger partial charge in [-0.3, -0.25) is 0 Å². The van der Waals surface area contributed by atoms with Crippen LogP contribution in [0.4, 0.5) is 11.8 Å². The van der Waals surface area contributed by atoms with Crippen LogP contribution in [0, 0.1) is 6.92 Å². The topological polar surface area (TPSA) is 68.3 Å². The SMILES string of the molecule is C=C(C)c1cc(OC)c(C)cc1Oc1cnc(NC)nc1NC(C)C. The van der Waals surface area contributed by atoms with Gasteiger partial charge in [-0.25, -0.2) is 4.98 Å². The van der Waals surface area contributed by atoms with Crippen LogP contribution >= 0.6 is 0 Å². The Labute approximate surface area is 149 Å². The van der Waals surface area contributed by atoms with Gasteiger partial charge >= 0.3 is 0 Å². The number of nitrogens with one attached hydrogen (secondary N) is 2. The van der Waals surface area contributed by atoms with Gasteiger partial charge in [-0.2, -0.15) is 4.98 Å². The largest absolute Gasteiger partial charge is 0.496 e. The molecule has 134 valence electrons. The number of anilines is 2. The van der Waals surface area contributed by atoms with Crippen LogP contribution in [0.25, 0.3) is 5.57 Å². The highest BCUT2D eigenvalue weighted by Crippen LogP contribution is 2.37. The van der Waals surface area contributed by atoms with Gasteiger partial charge in [-0.15, -0.1) is 0 Å². The van der Waals surface area contributed by atoms with Crippen LogP contribution in [0.1, 0.15) is 31.9 Å². The van der Waals surface area contributed by atoms with Gasteiger partial charge in [-0.1, -0.05) is 6.58 Å². The molecule has 0 aliphatic rings. The van der Waals surface area contributed by atoms with Crippen molar-refractivity contribution in [1.82, 2.24) is 9.97 Å². The monoisotopic (exact) mass is 342 g/mol. The lowest BCUT2D eigenvalue weighted by molar-refractivity contribution is 0.409. The molecule has 0 atom stereocenters. The number of rotatable bonds is 7. The molecule has 0 radical (unpaired) electrons. The fraction of sp³-hybridized carbons (Fsp3) is 0.368. The van der Waals surface area contributed by atoms with Gasteiger partial charge in [0, 0.05) is 18.7 Å². The Morgan fingerprint density at radius 3 is 2.48 bits per heavy atom. The maximum Gasteiger partial charge on any atom is 0.224 e. The molecule has 0 unspecified atom stereocenters. The summed E-state index contributed by atoms with van der Waals surface area (Å²) >= 11 is 0. The minimum atomic E-state index is 0.208. The normalized spacial score (nSPS) is 10.5. The number of aromatic nitrogens is 2. The number of ether oxygens (including phenoxy) is 2. The molecule has 0 saturated heterocycles. The van der Waals surface area contributed by atoms with E-state index in [4.69, 9.17) is 9.47 Å². The van der Waals surface area contributed by atoms with E-state index in [1.54, 1.807) is 20.4 Å². The summed E-state index contributed by atoms with van der Waals surface area (Å²) in [6.45, 7) is 12.0. The van der Waals surface area contributed by atoms with Crippen molar-refractivity contribution in [2.45, 2.75) is 33.7 Å². The zero-order chi connectivity index (χ0) is 18.6. The molecule has 6 heteroatoms. The van der Waals surface area contributed by atoms with Crippen LogP contribution in [0.5, 0.6) is 17.2 Å². The van der Waals surface area contributed by atoms with E-state index >= 15 is 0 Å². The molecule has 2 aromatic rings. The first kappa shape index (κ1) is 18.6. The second-order valence-corrected chi connectivity index (χ2v) is 6.16. The first-order chi connectivity index (χ1) is 11.8. The Bertz CT molecular complexity index is 772. The minimum Gasteiger partial charge on any atom is -0.496 e. The predicted octanol–water partition coefficient (Wildman–Crippen LogP) is 4.48. The zero-order valence-electron chi connectivity index (χ0n) is 15.7. The summed E-state index contributed by atoms with van der Waals surface area (Å²) in [6, 6.07) is 4.08. The molecule has 2 N–H and O–H groups in total.